The molecule has 1 aromatic heterocycles. The fraction of sp³-hybridized carbons (Fsp3) is 0.0909. The third kappa shape index (κ3) is 3.70. The number of amides is 1. The molecule has 0 spiro atoms. The van der Waals surface area contributed by atoms with Crippen LogP contribution in [0.1, 0.15) is 23.0 Å². The number of aryl methyl sites for hydroxylation is 1. The van der Waals surface area contributed by atoms with Crippen molar-refractivity contribution in [1.29, 1.82) is 0 Å². The highest BCUT2D eigenvalue weighted by molar-refractivity contribution is 6.32. The maximum atomic E-state index is 12.8. The Labute approximate surface area is 167 Å². The Hall–Kier alpha value is -4.00. The molecule has 2 aromatic carbocycles. The first-order valence-electron chi connectivity index (χ1n) is 9.00. The molecule has 29 heavy (non-hydrogen) atoms. The van der Waals surface area contributed by atoms with Crippen molar-refractivity contribution in [3.63, 3.8) is 0 Å². The predicted molar refractivity (Wildman–Crippen MR) is 110 cm³/mol. The van der Waals surface area contributed by atoms with Crippen LogP contribution >= 0.6 is 0 Å². The van der Waals surface area contributed by atoms with Gasteiger partial charge in [-0.2, -0.15) is 15.2 Å². The lowest BCUT2D eigenvalue weighted by molar-refractivity contribution is -0.114. The summed E-state index contributed by atoms with van der Waals surface area (Å²) >= 11 is 0. The monoisotopic (exact) mass is 386 g/mol. The Morgan fingerprint density at radius 2 is 1.86 bits per heavy atom. The smallest absolute Gasteiger partial charge is 0.361 e. The van der Waals surface area contributed by atoms with Gasteiger partial charge in [0.25, 0.3) is 5.91 Å². The molecule has 7 heteroatoms. The molecule has 0 bridgehead atoms. The second kappa shape index (κ2) is 7.55. The van der Waals surface area contributed by atoms with Gasteiger partial charge in [0.05, 0.1) is 17.0 Å². The van der Waals surface area contributed by atoms with Crippen LogP contribution in [0.25, 0.3) is 6.08 Å². The van der Waals surface area contributed by atoms with Gasteiger partial charge in [0, 0.05) is 13.2 Å². The third-order valence-electron chi connectivity index (χ3n) is 4.47. The molecule has 0 atom stereocenters. The molecular formula is C22H18N4O3. The van der Waals surface area contributed by atoms with Gasteiger partial charge in [0.1, 0.15) is 11.4 Å². The normalized spacial score (nSPS) is 15.0. The summed E-state index contributed by atoms with van der Waals surface area (Å²) < 4.78 is 6.88. The van der Waals surface area contributed by atoms with E-state index in [4.69, 9.17) is 4.74 Å². The predicted octanol–water partition coefficient (Wildman–Crippen LogP) is 3.45. The number of para-hydroxylation sites is 1. The van der Waals surface area contributed by atoms with E-state index >= 15 is 0 Å². The highest BCUT2D eigenvalue weighted by Crippen LogP contribution is 2.25. The summed E-state index contributed by atoms with van der Waals surface area (Å²) in [5, 5.41) is 9.72. The fourth-order valence-corrected chi connectivity index (χ4v) is 3.00. The molecule has 4 rings (SSSR count). The van der Waals surface area contributed by atoms with Crippen molar-refractivity contribution in [2.75, 3.05) is 5.01 Å². The van der Waals surface area contributed by atoms with E-state index in [0.717, 1.165) is 5.56 Å². The molecule has 1 aliphatic heterocycles. The molecule has 0 fully saturated rings. The summed E-state index contributed by atoms with van der Waals surface area (Å²) in [7, 11) is 1.67. The minimum atomic E-state index is -0.500. The summed E-state index contributed by atoms with van der Waals surface area (Å²) in [4.78, 5) is 25.1. The number of esters is 1. The van der Waals surface area contributed by atoms with Crippen LogP contribution in [-0.4, -0.2) is 27.4 Å². The Bertz CT molecular complexity index is 1150. The number of hydrogen-bond acceptors (Lipinski definition) is 5. The number of ether oxygens (including phenoxy) is 1. The lowest BCUT2D eigenvalue weighted by atomic mass is 10.1. The van der Waals surface area contributed by atoms with E-state index in [1.807, 2.05) is 36.4 Å². The Morgan fingerprint density at radius 3 is 2.59 bits per heavy atom. The lowest BCUT2D eigenvalue weighted by Gasteiger charge is -2.11. The maximum absolute atomic E-state index is 12.8. The van der Waals surface area contributed by atoms with Gasteiger partial charge in [0.15, 0.2) is 0 Å². The minimum Gasteiger partial charge on any atom is -0.422 e. The van der Waals surface area contributed by atoms with E-state index in [9.17, 15) is 9.59 Å². The van der Waals surface area contributed by atoms with Crippen molar-refractivity contribution in [1.82, 2.24) is 9.78 Å². The lowest BCUT2D eigenvalue weighted by Crippen LogP contribution is -2.21. The first-order chi connectivity index (χ1) is 14.0. The van der Waals surface area contributed by atoms with Crippen molar-refractivity contribution in [2.45, 2.75) is 6.92 Å². The summed E-state index contributed by atoms with van der Waals surface area (Å²) in [6, 6.07) is 17.8. The number of carbonyl (C=O) groups excluding carboxylic acids is 2. The molecule has 1 amide bonds. The molecule has 0 saturated carbocycles. The van der Waals surface area contributed by atoms with Crippen LogP contribution < -0.4 is 9.75 Å². The molecule has 0 radical (unpaired) electrons. The largest absolute Gasteiger partial charge is 0.422 e. The standard InChI is InChI=1S/C22H18N4O3/c1-15-19(21(27)26(24-15)17-8-4-3-5-9-17)14-16-7-6-10-18(13-16)29-22(28)20-11-12-23-25(20)2/h3-14H,1-2H3. The second-order valence-corrected chi connectivity index (χ2v) is 6.50. The Kier molecular flexibility index (Phi) is 4.78. The molecular weight excluding hydrogens is 368 g/mol. The number of anilines is 1. The van der Waals surface area contributed by atoms with Gasteiger partial charge in [0.2, 0.25) is 0 Å². The fourth-order valence-electron chi connectivity index (χ4n) is 3.00. The number of hydrogen-bond donors (Lipinski definition) is 0. The number of benzene rings is 2. The van der Waals surface area contributed by atoms with Gasteiger partial charge < -0.3 is 4.74 Å². The zero-order valence-electron chi connectivity index (χ0n) is 15.9. The molecule has 144 valence electrons. The van der Waals surface area contributed by atoms with Crippen LogP contribution in [0.2, 0.25) is 0 Å². The van der Waals surface area contributed by atoms with Crippen molar-refractivity contribution < 1.29 is 14.3 Å². The van der Waals surface area contributed by atoms with Crippen molar-refractivity contribution in [2.24, 2.45) is 12.1 Å². The Morgan fingerprint density at radius 1 is 1.07 bits per heavy atom. The molecule has 0 saturated heterocycles. The van der Waals surface area contributed by atoms with E-state index in [1.54, 1.807) is 44.3 Å². The zero-order chi connectivity index (χ0) is 20.4. The number of carbonyl (C=O) groups is 2. The topological polar surface area (TPSA) is 76.8 Å². The highest BCUT2D eigenvalue weighted by atomic mass is 16.5. The molecule has 3 aromatic rings. The molecule has 0 unspecified atom stereocenters. The van der Waals surface area contributed by atoms with Gasteiger partial charge >= 0.3 is 5.97 Å². The quantitative estimate of drug-likeness (QED) is 0.391. The van der Waals surface area contributed by atoms with Crippen LogP contribution in [0.5, 0.6) is 5.75 Å². The summed E-state index contributed by atoms with van der Waals surface area (Å²) in [5.74, 6) is -0.323. The number of aromatic nitrogens is 2. The second-order valence-electron chi connectivity index (χ2n) is 6.50. The number of hydrazone groups is 1. The zero-order valence-corrected chi connectivity index (χ0v) is 15.9. The third-order valence-corrected chi connectivity index (χ3v) is 4.47. The van der Waals surface area contributed by atoms with Crippen molar-refractivity contribution in [3.05, 3.63) is 83.7 Å². The Balaban J connectivity index is 1.57. The van der Waals surface area contributed by atoms with Crippen LogP contribution in [0.3, 0.4) is 0 Å². The number of nitrogens with zero attached hydrogens (tertiary/aromatic N) is 4. The average Bonchev–Trinajstić information content (AvgIpc) is 3.27. The van der Waals surface area contributed by atoms with Gasteiger partial charge in [-0.1, -0.05) is 30.3 Å². The van der Waals surface area contributed by atoms with Gasteiger partial charge in [-0.25, -0.2) is 4.79 Å². The van der Waals surface area contributed by atoms with E-state index in [0.29, 0.717) is 28.4 Å². The van der Waals surface area contributed by atoms with Crippen LogP contribution in [-0.2, 0) is 11.8 Å². The minimum absolute atomic E-state index is 0.203. The average molecular weight is 386 g/mol. The molecule has 0 N–H and O–H groups in total. The van der Waals surface area contributed by atoms with Crippen LogP contribution in [0.15, 0.2) is 77.5 Å². The van der Waals surface area contributed by atoms with E-state index in [-0.39, 0.29) is 5.91 Å². The van der Waals surface area contributed by atoms with E-state index in [1.165, 1.54) is 15.9 Å². The summed E-state index contributed by atoms with van der Waals surface area (Å²) in [6.07, 6.45) is 3.27. The first kappa shape index (κ1) is 18.4. The van der Waals surface area contributed by atoms with Crippen molar-refractivity contribution in [3.8, 4) is 5.75 Å². The highest BCUT2D eigenvalue weighted by Gasteiger charge is 2.28. The maximum Gasteiger partial charge on any atom is 0.361 e. The van der Waals surface area contributed by atoms with Crippen molar-refractivity contribution >= 4 is 29.4 Å². The molecule has 7 nitrogen and oxygen atoms in total. The van der Waals surface area contributed by atoms with E-state index < -0.39 is 5.97 Å². The number of rotatable bonds is 4. The van der Waals surface area contributed by atoms with Gasteiger partial charge in [-0.05, 0) is 48.9 Å². The van der Waals surface area contributed by atoms with Gasteiger partial charge in [-0.3, -0.25) is 9.48 Å². The van der Waals surface area contributed by atoms with E-state index in [2.05, 4.69) is 10.2 Å². The molecule has 0 aliphatic carbocycles. The summed E-state index contributed by atoms with van der Waals surface area (Å²) in [6.45, 7) is 1.79. The van der Waals surface area contributed by atoms with Crippen LogP contribution in [0.4, 0.5) is 5.69 Å². The summed E-state index contributed by atoms with van der Waals surface area (Å²) in [5.41, 5.74) is 2.90. The molecule has 1 aliphatic rings. The first-order valence-corrected chi connectivity index (χ1v) is 9.00. The van der Waals surface area contributed by atoms with Crippen LogP contribution in [0, 0.1) is 0 Å². The SMILES string of the molecule is CC1=NN(c2ccccc2)C(=O)C1=Cc1cccc(OC(=O)c2ccnn2C)c1. The van der Waals surface area contributed by atoms with Gasteiger partial charge in [-0.15, -0.1) is 0 Å². The molecule has 2 heterocycles.